The van der Waals surface area contributed by atoms with Gasteiger partial charge in [0, 0.05) is 19.3 Å². The largest absolute Gasteiger partial charge is 0.335 e. The molecule has 0 amide bonds. The average molecular weight is 383 g/mol. The molecule has 2 aromatic heterocycles. The molecule has 0 aromatic carbocycles. The van der Waals surface area contributed by atoms with E-state index in [0.717, 1.165) is 68.3 Å². The van der Waals surface area contributed by atoms with Gasteiger partial charge < -0.3 is 19.6 Å². The average Bonchev–Trinajstić information content (AvgIpc) is 2.68. The molecule has 0 radical (unpaired) electrons. The van der Waals surface area contributed by atoms with E-state index < -0.39 is 0 Å². The number of pyridine rings is 2. The Morgan fingerprint density at radius 3 is 2.18 bits per heavy atom. The highest BCUT2D eigenvalue weighted by Crippen LogP contribution is 2.45. The van der Waals surface area contributed by atoms with Crippen LogP contribution in [0, 0.1) is 0 Å². The second-order valence-corrected chi connectivity index (χ2v) is 7.66. The lowest BCUT2D eigenvalue weighted by Crippen LogP contribution is -2.34. The van der Waals surface area contributed by atoms with Crippen molar-refractivity contribution in [3.8, 4) is 0 Å². The van der Waals surface area contributed by atoms with E-state index in [1.54, 1.807) is 6.07 Å². The Balaban J connectivity index is 1.98. The molecule has 1 aliphatic rings. The number of carbonyl (C=O) groups excluding carboxylic acids is 1. The Kier molecular flexibility index (Phi) is 6.59. The molecule has 0 unspecified atom stereocenters. The van der Waals surface area contributed by atoms with Gasteiger partial charge in [0.05, 0.1) is 11.4 Å². The van der Waals surface area contributed by atoms with Gasteiger partial charge >= 0.3 is 0 Å². The summed E-state index contributed by atoms with van der Waals surface area (Å²) in [7, 11) is 8.32. The number of hydrogen-bond donors (Lipinski definition) is 0. The Labute approximate surface area is 167 Å². The minimum absolute atomic E-state index is 0.448. The third kappa shape index (κ3) is 4.48. The first-order valence-electron chi connectivity index (χ1n) is 9.77. The van der Waals surface area contributed by atoms with Crippen LogP contribution in [0.3, 0.4) is 0 Å². The van der Waals surface area contributed by atoms with Crippen LogP contribution in [0.2, 0.25) is 0 Å². The molecule has 0 aliphatic carbocycles. The highest BCUT2D eigenvalue weighted by Gasteiger charge is 2.30. The van der Waals surface area contributed by atoms with Gasteiger partial charge in [0.25, 0.3) is 0 Å². The number of anilines is 4. The van der Waals surface area contributed by atoms with E-state index in [0.29, 0.717) is 5.69 Å². The zero-order valence-corrected chi connectivity index (χ0v) is 17.3. The summed E-state index contributed by atoms with van der Waals surface area (Å²) in [5, 5.41) is 0. The summed E-state index contributed by atoms with van der Waals surface area (Å²) in [4.78, 5) is 29.5. The maximum atomic E-state index is 11.4. The predicted octanol–water partition coefficient (Wildman–Crippen LogP) is 2.78. The molecular weight excluding hydrogens is 352 g/mol. The molecule has 0 saturated heterocycles. The molecule has 150 valence electrons. The van der Waals surface area contributed by atoms with Crippen LogP contribution in [-0.4, -0.2) is 80.4 Å². The zero-order chi connectivity index (χ0) is 20.1. The fourth-order valence-electron chi connectivity index (χ4n) is 3.51. The van der Waals surface area contributed by atoms with Crippen molar-refractivity contribution in [2.75, 3.05) is 64.2 Å². The van der Waals surface area contributed by atoms with Crippen LogP contribution in [0.4, 0.5) is 23.0 Å². The topological polar surface area (TPSA) is 55.8 Å². The first-order valence-corrected chi connectivity index (χ1v) is 9.77. The molecular formula is C21H30N6O. The Morgan fingerprint density at radius 2 is 1.54 bits per heavy atom. The number of carbonyl (C=O) groups is 1. The smallest absolute Gasteiger partial charge is 0.168 e. The number of aldehydes is 1. The summed E-state index contributed by atoms with van der Waals surface area (Å²) in [5.74, 6) is 1.73. The lowest BCUT2D eigenvalue weighted by Gasteiger charge is -2.38. The van der Waals surface area contributed by atoms with Crippen LogP contribution in [0.25, 0.3) is 0 Å². The van der Waals surface area contributed by atoms with E-state index in [9.17, 15) is 4.79 Å². The van der Waals surface area contributed by atoms with E-state index in [2.05, 4.69) is 63.8 Å². The first kappa shape index (κ1) is 20.2. The zero-order valence-electron chi connectivity index (χ0n) is 17.3. The molecule has 3 heterocycles. The van der Waals surface area contributed by atoms with Gasteiger partial charge in [-0.25, -0.2) is 9.97 Å². The highest BCUT2D eigenvalue weighted by molar-refractivity contribution is 5.90. The molecule has 0 spiro atoms. The van der Waals surface area contributed by atoms with Gasteiger partial charge in [0.15, 0.2) is 17.9 Å². The van der Waals surface area contributed by atoms with Crippen LogP contribution in [0.1, 0.15) is 23.3 Å². The molecule has 28 heavy (non-hydrogen) atoms. The second kappa shape index (κ2) is 9.12. The van der Waals surface area contributed by atoms with Crippen LogP contribution >= 0.6 is 0 Å². The number of rotatable bonds is 9. The fraction of sp³-hybridized carbons (Fsp3) is 0.476. The third-order valence-electron chi connectivity index (χ3n) is 4.83. The van der Waals surface area contributed by atoms with Crippen LogP contribution < -0.4 is 9.80 Å². The first-order chi connectivity index (χ1) is 13.5. The molecule has 1 aliphatic heterocycles. The van der Waals surface area contributed by atoms with Crippen molar-refractivity contribution >= 4 is 29.3 Å². The molecule has 0 bridgehead atoms. The SMILES string of the molecule is CN(C)CCCN1c2cccnc2N(CCCN(C)C)c2nc(C=O)ccc21. The number of nitrogens with zero attached hydrogens (tertiary/aromatic N) is 6. The second-order valence-electron chi connectivity index (χ2n) is 7.66. The number of aromatic nitrogens is 2. The van der Waals surface area contributed by atoms with Gasteiger partial charge in [-0.15, -0.1) is 0 Å². The molecule has 0 atom stereocenters. The van der Waals surface area contributed by atoms with Crippen molar-refractivity contribution in [1.29, 1.82) is 0 Å². The molecule has 7 nitrogen and oxygen atoms in total. The quantitative estimate of drug-likeness (QED) is 0.618. The van der Waals surface area contributed by atoms with Crippen LogP contribution in [0.5, 0.6) is 0 Å². The summed E-state index contributed by atoms with van der Waals surface area (Å²) in [6.45, 7) is 3.66. The molecule has 7 heteroatoms. The van der Waals surface area contributed by atoms with E-state index >= 15 is 0 Å². The van der Waals surface area contributed by atoms with E-state index in [1.165, 1.54) is 0 Å². The standard InChI is InChI=1S/C21H30N6O/c1-24(2)12-6-14-26-18-8-5-11-22-20(18)27(15-7-13-25(3)4)21-19(26)10-9-17(16-28)23-21/h5,8-11,16H,6-7,12-15H2,1-4H3. The lowest BCUT2D eigenvalue weighted by molar-refractivity contribution is 0.111. The maximum Gasteiger partial charge on any atom is 0.168 e. The monoisotopic (exact) mass is 382 g/mol. The molecule has 0 N–H and O–H groups in total. The summed E-state index contributed by atoms with van der Waals surface area (Å²) in [5.41, 5.74) is 2.58. The minimum Gasteiger partial charge on any atom is -0.335 e. The van der Waals surface area contributed by atoms with Crippen molar-refractivity contribution in [3.63, 3.8) is 0 Å². The van der Waals surface area contributed by atoms with Gasteiger partial charge in [-0.2, -0.15) is 0 Å². The van der Waals surface area contributed by atoms with Gasteiger partial charge in [-0.05, 0) is 78.4 Å². The van der Waals surface area contributed by atoms with Crippen molar-refractivity contribution in [1.82, 2.24) is 19.8 Å². The Morgan fingerprint density at radius 1 is 0.893 bits per heavy atom. The molecule has 3 rings (SSSR count). The summed E-state index contributed by atoms with van der Waals surface area (Å²) in [6.07, 6.45) is 4.64. The summed E-state index contributed by atoms with van der Waals surface area (Å²) in [6, 6.07) is 7.91. The van der Waals surface area contributed by atoms with Crippen molar-refractivity contribution < 1.29 is 4.79 Å². The van der Waals surface area contributed by atoms with E-state index in [-0.39, 0.29) is 0 Å². The Hall–Kier alpha value is -2.51. The summed E-state index contributed by atoms with van der Waals surface area (Å²) < 4.78 is 0. The minimum atomic E-state index is 0.448. The maximum absolute atomic E-state index is 11.4. The van der Waals surface area contributed by atoms with Gasteiger partial charge in [-0.1, -0.05) is 0 Å². The van der Waals surface area contributed by atoms with E-state index in [4.69, 9.17) is 0 Å². The van der Waals surface area contributed by atoms with Crippen molar-refractivity contribution in [2.24, 2.45) is 0 Å². The normalized spacial score (nSPS) is 13.1. The Bertz CT molecular complexity index is 807. The predicted molar refractivity (Wildman–Crippen MR) is 114 cm³/mol. The van der Waals surface area contributed by atoms with Crippen molar-refractivity contribution in [3.05, 3.63) is 36.2 Å². The van der Waals surface area contributed by atoms with Crippen LogP contribution in [-0.2, 0) is 0 Å². The van der Waals surface area contributed by atoms with Crippen LogP contribution in [0.15, 0.2) is 30.5 Å². The van der Waals surface area contributed by atoms with Gasteiger partial charge in [-0.3, -0.25) is 4.79 Å². The van der Waals surface area contributed by atoms with Gasteiger partial charge in [0.1, 0.15) is 5.69 Å². The van der Waals surface area contributed by atoms with Crippen molar-refractivity contribution in [2.45, 2.75) is 12.8 Å². The molecule has 2 aromatic rings. The van der Waals surface area contributed by atoms with E-state index in [1.807, 2.05) is 18.3 Å². The summed E-state index contributed by atoms with van der Waals surface area (Å²) >= 11 is 0. The third-order valence-corrected chi connectivity index (χ3v) is 4.83. The number of fused-ring (bicyclic) bond motifs is 2. The molecule has 0 fully saturated rings. The highest BCUT2D eigenvalue weighted by atomic mass is 16.1. The number of hydrogen-bond acceptors (Lipinski definition) is 7. The lowest BCUT2D eigenvalue weighted by atomic mass is 10.1. The fourth-order valence-corrected chi connectivity index (χ4v) is 3.51. The van der Waals surface area contributed by atoms with Gasteiger partial charge in [0.2, 0.25) is 0 Å². The molecule has 0 saturated carbocycles.